The van der Waals surface area contributed by atoms with Crippen LogP contribution in [0.4, 0.5) is 0 Å². The third-order valence-corrected chi connectivity index (χ3v) is 2.51. The van der Waals surface area contributed by atoms with Gasteiger partial charge in [0.2, 0.25) is 0 Å². The van der Waals surface area contributed by atoms with Gasteiger partial charge in [0.05, 0.1) is 0 Å². The van der Waals surface area contributed by atoms with Crippen molar-refractivity contribution in [3.8, 4) is 0 Å². The van der Waals surface area contributed by atoms with E-state index in [0.29, 0.717) is 5.92 Å². The molecule has 0 heterocycles. The Balaban J connectivity index is 2.17. The molecule has 1 fully saturated rings. The summed E-state index contributed by atoms with van der Waals surface area (Å²) in [7, 11) is 2.08. The number of nitrogens with one attached hydrogen (secondary N) is 1. The second-order valence-corrected chi connectivity index (χ2v) is 4.31. The molecule has 1 saturated carbocycles. The maximum absolute atomic E-state index is 5.23. The van der Waals surface area contributed by atoms with Gasteiger partial charge >= 0.3 is 0 Å². The van der Waals surface area contributed by atoms with Crippen LogP contribution in [0.3, 0.4) is 0 Å². The number of rotatable bonds is 3. The Morgan fingerprint density at radius 3 is 2.58 bits per heavy atom. The standard InChI is InChI=1S/C9H18N2S/c1-7(2)6-10-9(12)11(3)8-4-5-8/h7-8H,4-6H2,1-3H3,(H,10,12). The molecular weight excluding hydrogens is 168 g/mol. The van der Waals surface area contributed by atoms with Crippen LogP contribution >= 0.6 is 12.2 Å². The first-order chi connectivity index (χ1) is 5.61. The predicted octanol–water partition coefficient (Wildman–Crippen LogP) is 1.61. The van der Waals surface area contributed by atoms with Gasteiger partial charge in [-0.25, -0.2) is 0 Å². The maximum atomic E-state index is 5.23. The number of thiocarbonyl (C=S) groups is 1. The van der Waals surface area contributed by atoms with Gasteiger partial charge in [-0.05, 0) is 31.0 Å². The molecule has 0 aromatic heterocycles. The van der Waals surface area contributed by atoms with Crippen molar-refractivity contribution >= 4 is 17.3 Å². The van der Waals surface area contributed by atoms with Crippen molar-refractivity contribution in [2.75, 3.05) is 13.6 Å². The molecule has 0 aliphatic heterocycles. The Bertz CT molecular complexity index is 164. The zero-order valence-electron chi connectivity index (χ0n) is 8.13. The molecule has 0 aromatic rings. The fourth-order valence-corrected chi connectivity index (χ4v) is 1.28. The minimum atomic E-state index is 0.663. The summed E-state index contributed by atoms with van der Waals surface area (Å²) < 4.78 is 0. The van der Waals surface area contributed by atoms with E-state index >= 15 is 0 Å². The minimum absolute atomic E-state index is 0.663. The summed E-state index contributed by atoms with van der Waals surface area (Å²) in [6.07, 6.45) is 2.61. The molecule has 0 aromatic carbocycles. The maximum Gasteiger partial charge on any atom is 0.168 e. The van der Waals surface area contributed by atoms with Crippen LogP contribution in [0, 0.1) is 5.92 Å². The summed E-state index contributed by atoms with van der Waals surface area (Å²) in [6, 6.07) is 0.720. The Morgan fingerprint density at radius 1 is 1.58 bits per heavy atom. The number of hydrogen-bond donors (Lipinski definition) is 1. The topological polar surface area (TPSA) is 15.3 Å². The van der Waals surface area contributed by atoms with Crippen molar-refractivity contribution in [3.63, 3.8) is 0 Å². The van der Waals surface area contributed by atoms with Gasteiger partial charge in [-0.3, -0.25) is 0 Å². The van der Waals surface area contributed by atoms with E-state index in [1.807, 2.05) is 0 Å². The molecule has 0 saturated heterocycles. The molecule has 1 N–H and O–H groups in total. The average Bonchev–Trinajstić information content (AvgIpc) is 2.80. The Morgan fingerprint density at radius 2 is 2.17 bits per heavy atom. The highest BCUT2D eigenvalue weighted by atomic mass is 32.1. The average molecular weight is 186 g/mol. The fraction of sp³-hybridized carbons (Fsp3) is 0.889. The summed E-state index contributed by atoms with van der Waals surface area (Å²) in [4.78, 5) is 2.18. The van der Waals surface area contributed by atoms with Gasteiger partial charge in [-0.15, -0.1) is 0 Å². The van der Waals surface area contributed by atoms with Gasteiger partial charge in [0, 0.05) is 19.6 Å². The Kier molecular flexibility index (Phi) is 3.32. The molecular formula is C9H18N2S. The third kappa shape index (κ3) is 2.97. The predicted molar refractivity (Wildman–Crippen MR) is 56.2 cm³/mol. The summed E-state index contributed by atoms with van der Waals surface area (Å²) in [5.41, 5.74) is 0. The van der Waals surface area contributed by atoms with Crippen LogP contribution in [0.1, 0.15) is 26.7 Å². The van der Waals surface area contributed by atoms with E-state index in [4.69, 9.17) is 12.2 Å². The van der Waals surface area contributed by atoms with Gasteiger partial charge in [0.15, 0.2) is 5.11 Å². The van der Waals surface area contributed by atoms with E-state index in [-0.39, 0.29) is 0 Å². The highest BCUT2D eigenvalue weighted by Crippen LogP contribution is 2.25. The van der Waals surface area contributed by atoms with Crippen molar-refractivity contribution in [3.05, 3.63) is 0 Å². The van der Waals surface area contributed by atoms with Crippen molar-refractivity contribution in [1.82, 2.24) is 10.2 Å². The molecule has 12 heavy (non-hydrogen) atoms. The van der Waals surface area contributed by atoms with Crippen molar-refractivity contribution in [1.29, 1.82) is 0 Å². The Labute approximate surface area is 80.3 Å². The van der Waals surface area contributed by atoms with Crippen molar-refractivity contribution < 1.29 is 0 Å². The molecule has 0 radical (unpaired) electrons. The molecule has 1 rings (SSSR count). The number of hydrogen-bond acceptors (Lipinski definition) is 1. The summed E-state index contributed by atoms with van der Waals surface area (Å²) in [5.74, 6) is 0.663. The van der Waals surface area contributed by atoms with E-state index in [1.54, 1.807) is 0 Å². The van der Waals surface area contributed by atoms with Crippen LogP contribution in [-0.2, 0) is 0 Å². The first kappa shape index (κ1) is 9.78. The molecule has 3 heteroatoms. The van der Waals surface area contributed by atoms with Crippen LogP contribution < -0.4 is 5.32 Å². The summed E-state index contributed by atoms with van der Waals surface area (Å²) in [6.45, 7) is 5.36. The lowest BCUT2D eigenvalue weighted by atomic mass is 10.2. The lowest BCUT2D eigenvalue weighted by molar-refractivity contribution is 0.476. The lowest BCUT2D eigenvalue weighted by Gasteiger charge is -2.21. The van der Waals surface area contributed by atoms with Crippen molar-refractivity contribution in [2.24, 2.45) is 5.92 Å². The minimum Gasteiger partial charge on any atom is -0.362 e. The molecule has 0 spiro atoms. The number of nitrogens with zero attached hydrogens (tertiary/aromatic N) is 1. The molecule has 70 valence electrons. The molecule has 2 nitrogen and oxygen atoms in total. The first-order valence-corrected chi connectivity index (χ1v) is 5.02. The quantitative estimate of drug-likeness (QED) is 0.674. The van der Waals surface area contributed by atoms with Crippen molar-refractivity contribution in [2.45, 2.75) is 32.7 Å². The largest absolute Gasteiger partial charge is 0.362 e. The van der Waals surface area contributed by atoms with E-state index in [9.17, 15) is 0 Å². The van der Waals surface area contributed by atoms with Crippen LogP contribution in [0.25, 0.3) is 0 Å². The van der Waals surface area contributed by atoms with E-state index < -0.39 is 0 Å². The highest BCUT2D eigenvalue weighted by Gasteiger charge is 2.27. The molecule has 0 bridgehead atoms. The first-order valence-electron chi connectivity index (χ1n) is 4.62. The van der Waals surface area contributed by atoms with Crippen LogP contribution in [0.15, 0.2) is 0 Å². The van der Waals surface area contributed by atoms with Gasteiger partial charge in [-0.2, -0.15) is 0 Å². The molecule has 0 amide bonds. The van der Waals surface area contributed by atoms with E-state index in [1.165, 1.54) is 12.8 Å². The third-order valence-electron chi connectivity index (χ3n) is 2.08. The second-order valence-electron chi connectivity index (χ2n) is 3.92. The normalized spacial score (nSPS) is 16.3. The van der Waals surface area contributed by atoms with E-state index in [2.05, 4.69) is 31.1 Å². The molecule has 1 aliphatic carbocycles. The highest BCUT2D eigenvalue weighted by molar-refractivity contribution is 7.80. The summed E-state index contributed by atoms with van der Waals surface area (Å²) >= 11 is 5.23. The monoisotopic (exact) mass is 186 g/mol. The zero-order chi connectivity index (χ0) is 9.14. The lowest BCUT2D eigenvalue weighted by Crippen LogP contribution is -2.39. The smallest absolute Gasteiger partial charge is 0.168 e. The molecule has 0 unspecified atom stereocenters. The van der Waals surface area contributed by atoms with Gasteiger partial charge in [-0.1, -0.05) is 13.8 Å². The second kappa shape index (κ2) is 4.08. The van der Waals surface area contributed by atoms with Crippen LogP contribution in [-0.4, -0.2) is 29.6 Å². The molecule has 1 aliphatic rings. The van der Waals surface area contributed by atoms with Crippen LogP contribution in [0.5, 0.6) is 0 Å². The Hall–Kier alpha value is -0.310. The van der Waals surface area contributed by atoms with Gasteiger partial charge < -0.3 is 10.2 Å². The SMILES string of the molecule is CC(C)CNC(=S)N(C)C1CC1. The summed E-state index contributed by atoms with van der Waals surface area (Å²) in [5, 5.41) is 4.17. The fourth-order valence-electron chi connectivity index (χ4n) is 1.04. The zero-order valence-corrected chi connectivity index (χ0v) is 8.95. The van der Waals surface area contributed by atoms with Crippen LogP contribution in [0.2, 0.25) is 0 Å². The van der Waals surface area contributed by atoms with Gasteiger partial charge in [0.1, 0.15) is 0 Å². The van der Waals surface area contributed by atoms with E-state index in [0.717, 1.165) is 17.7 Å². The van der Waals surface area contributed by atoms with Gasteiger partial charge in [0.25, 0.3) is 0 Å². The molecule has 0 atom stereocenters.